The van der Waals surface area contributed by atoms with Crippen molar-refractivity contribution < 1.29 is 38.5 Å². The van der Waals surface area contributed by atoms with E-state index in [4.69, 9.17) is 14.2 Å². The molecule has 51 heavy (non-hydrogen) atoms. The number of carbonyl (C=O) groups excluding carboxylic acids is 4. The van der Waals surface area contributed by atoms with Crippen LogP contribution in [-0.4, -0.2) is 62.3 Å². The third kappa shape index (κ3) is 13.7. The van der Waals surface area contributed by atoms with Crippen molar-refractivity contribution in [2.45, 2.75) is 118 Å². The fourth-order valence-electron chi connectivity index (χ4n) is 5.26. The minimum atomic E-state index is -1.21. The van der Waals surface area contributed by atoms with Gasteiger partial charge in [0.1, 0.15) is 34.6 Å². The summed E-state index contributed by atoms with van der Waals surface area (Å²) in [6.07, 6.45) is -2.24. The molecule has 278 valence electrons. The van der Waals surface area contributed by atoms with Crippen molar-refractivity contribution in [3.8, 4) is 0 Å². The molecule has 2 aromatic carbocycles. The Morgan fingerprint density at radius 1 is 0.824 bits per heavy atom. The molecule has 11 nitrogen and oxygen atoms in total. The molecule has 1 aromatic heterocycles. The van der Waals surface area contributed by atoms with E-state index in [0.29, 0.717) is 12.8 Å². The number of thiazole rings is 1. The van der Waals surface area contributed by atoms with Gasteiger partial charge >= 0.3 is 18.2 Å². The first kappa shape index (κ1) is 41.1. The maximum Gasteiger partial charge on any atom is 0.420 e. The SMILES string of the molecule is CC(C)[C@@H](C[C@H](O)c1nc(C(=O)N[C@@H](Cc2ccccc2)C[C@H](C)C(=O)OCc2ccccc2)cs1)N(C(=O)OC(C)(C)C)C(=O)OC(C)(C)C. The molecular formula is C39H53N3O8S. The quantitative estimate of drug-likeness (QED) is 0.125. The largest absolute Gasteiger partial charge is 0.461 e. The van der Waals surface area contributed by atoms with Gasteiger partial charge in [-0.1, -0.05) is 81.4 Å². The molecule has 0 saturated heterocycles. The molecule has 3 amide bonds. The smallest absolute Gasteiger partial charge is 0.420 e. The van der Waals surface area contributed by atoms with Crippen LogP contribution in [0.4, 0.5) is 9.59 Å². The normalized spacial score (nSPS) is 14.2. The third-order valence-corrected chi connectivity index (χ3v) is 8.66. The van der Waals surface area contributed by atoms with Gasteiger partial charge in [0.05, 0.1) is 12.0 Å². The molecule has 1 heterocycles. The topological polar surface area (TPSA) is 144 Å². The Hall–Kier alpha value is -4.29. The molecule has 0 saturated carbocycles. The molecule has 0 unspecified atom stereocenters. The van der Waals surface area contributed by atoms with Crippen LogP contribution in [0.25, 0.3) is 0 Å². The Labute approximate surface area is 305 Å². The first-order valence-corrected chi connectivity index (χ1v) is 18.1. The van der Waals surface area contributed by atoms with Crippen molar-refractivity contribution in [2.24, 2.45) is 11.8 Å². The Bertz CT molecular complexity index is 1550. The minimum absolute atomic E-state index is 0.0655. The highest BCUT2D eigenvalue weighted by atomic mass is 32.1. The van der Waals surface area contributed by atoms with Crippen LogP contribution < -0.4 is 5.32 Å². The number of nitrogens with one attached hydrogen (secondary N) is 1. The van der Waals surface area contributed by atoms with Crippen molar-refractivity contribution in [3.05, 3.63) is 87.9 Å². The van der Waals surface area contributed by atoms with E-state index in [9.17, 15) is 24.3 Å². The number of rotatable bonds is 14. The van der Waals surface area contributed by atoms with E-state index in [1.165, 1.54) is 0 Å². The maximum atomic E-state index is 13.5. The highest BCUT2D eigenvalue weighted by Gasteiger charge is 2.39. The molecule has 0 aliphatic rings. The summed E-state index contributed by atoms with van der Waals surface area (Å²) < 4.78 is 16.7. The first-order chi connectivity index (χ1) is 23.8. The number of hydrogen-bond acceptors (Lipinski definition) is 10. The lowest BCUT2D eigenvalue weighted by Crippen LogP contribution is -2.51. The molecule has 4 atom stereocenters. The lowest BCUT2D eigenvalue weighted by atomic mass is 9.96. The van der Waals surface area contributed by atoms with Crippen LogP contribution in [0.2, 0.25) is 0 Å². The molecular weight excluding hydrogens is 671 g/mol. The number of aromatic nitrogens is 1. The van der Waals surface area contributed by atoms with Gasteiger partial charge in [-0.25, -0.2) is 19.5 Å². The number of aliphatic hydroxyl groups is 1. The number of nitrogens with zero attached hydrogens (tertiary/aromatic N) is 2. The van der Waals surface area contributed by atoms with Crippen LogP contribution in [0.5, 0.6) is 0 Å². The van der Waals surface area contributed by atoms with Gasteiger partial charge in [-0.05, 0) is 71.4 Å². The molecule has 0 bridgehead atoms. The van der Waals surface area contributed by atoms with Crippen molar-refractivity contribution in [1.29, 1.82) is 0 Å². The van der Waals surface area contributed by atoms with Gasteiger partial charge in [-0.15, -0.1) is 11.3 Å². The standard InChI is InChI=1S/C39H53N3O8S/c1-25(2)31(42(36(46)49-38(4,5)6)37(47)50-39(7,8)9)22-32(43)34-41-30(24-51-34)33(44)40-29(21-27-16-12-10-13-17-27)20-26(3)35(45)48-23-28-18-14-11-15-19-28/h10-19,24-26,29,31-32,43H,20-23H2,1-9H3,(H,40,44)/t26-,29+,31+,32-/m0/s1. The van der Waals surface area contributed by atoms with Crippen molar-refractivity contribution >= 4 is 35.4 Å². The predicted molar refractivity (Wildman–Crippen MR) is 196 cm³/mol. The molecule has 12 heteroatoms. The summed E-state index contributed by atoms with van der Waals surface area (Å²) in [4.78, 5) is 58.4. The molecule has 0 spiro atoms. The van der Waals surface area contributed by atoms with E-state index < -0.39 is 53.4 Å². The zero-order chi connectivity index (χ0) is 37.9. The van der Waals surface area contributed by atoms with Gasteiger partial charge in [-0.3, -0.25) is 9.59 Å². The average molecular weight is 724 g/mol. The number of esters is 1. The monoisotopic (exact) mass is 723 g/mol. The van der Waals surface area contributed by atoms with Gasteiger partial charge in [0, 0.05) is 17.8 Å². The van der Waals surface area contributed by atoms with Crippen molar-refractivity contribution in [1.82, 2.24) is 15.2 Å². The molecule has 0 aliphatic carbocycles. The number of imide groups is 1. The number of ether oxygens (including phenoxy) is 3. The molecule has 0 fully saturated rings. The lowest BCUT2D eigenvalue weighted by molar-refractivity contribution is -0.149. The van der Waals surface area contributed by atoms with Gasteiger partial charge in [0.2, 0.25) is 0 Å². The Kier molecular flexibility index (Phi) is 14.7. The van der Waals surface area contributed by atoms with Gasteiger partial charge in [-0.2, -0.15) is 0 Å². The van der Waals surface area contributed by atoms with Gasteiger partial charge < -0.3 is 24.6 Å². The molecule has 2 N–H and O–H groups in total. The zero-order valence-electron chi connectivity index (χ0n) is 31.2. The van der Waals surface area contributed by atoms with E-state index >= 15 is 0 Å². The van der Waals surface area contributed by atoms with E-state index in [-0.39, 0.29) is 35.6 Å². The van der Waals surface area contributed by atoms with E-state index in [2.05, 4.69) is 10.3 Å². The van der Waals surface area contributed by atoms with E-state index in [1.54, 1.807) is 53.8 Å². The Balaban J connectivity index is 1.76. The Morgan fingerprint density at radius 3 is 1.86 bits per heavy atom. The highest BCUT2D eigenvalue weighted by Crippen LogP contribution is 2.30. The summed E-state index contributed by atoms with van der Waals surface area (Å²) in [5, 5.41) is 16.2. The summed E-state index contributed by atoms with van der Waals surface area (Å²) in [6.45, 7) is 15.8. The highest BCUT2D eigenvalue weighted by molar-refractivity contribution is 7.09. The molecule has 3 rings (SSSR count). The summed E-state index contributed by atoms with van der Waals surface area (Å²) in [7, 11) is 0. The number of hydrogen-bond donors (Lipinski definition) is 2. The molecule has 3 aromatic rings. The van der Waals surface area contributed by atoms with Gasteiger partial charge in [0.25, 0.3) is 5.91 Å². The van der Waals surface area contributed by atoms with Crippen LogP contribution >= 0.6 is 11.3 Å². The molecule has 0 radical (unpaired) electrons. The average Bonchev–Trinajstić information content (AvgIpc) is 3.53. The van der Waals surface area contributed by atoms with Crippen LogP contribution in [0, 0.1) is 11.8 Å². The summed E-state index contributed by atoms with van der Waals surface area (Å²) in [6, 6.07) is 17.8. The second-order valence-electron chi connectivity index (χ2n) is 15.1. The number of carbonyl (C=O) groups is 4. The van der Waals surface area contributed by atoms with E-state index in [1.807, 2.05) is 74.5 Å². The van der Waals surface area contributed by atoms with Crippen LogP contribution in [-0.2, 0) is 32.0 Å². The number of amides is 3. The van der Waals surface area contributed by atoms with Crippen LogP contribution in [0.3, 0.4) is 0 Å². The fourth-order valence-corrected chi connectivity index (χ4v) is 6.06. The zero-order valence-corrected chi connectivity index (χ0v) is 32.0. The number of aliphatic hydroxyl groups excluding tert-OH is 1. The maximum absolute atomic E-state index is 13.5. The lowest BCUT2D eigenvalue weighted by Gasteiger charge is -2.35. The minimum Gasteiger partial charge on any atom is -0.461 e. The van der Waals surface area contributed by atoms with Gasteiger partial charge in [0.15, 0.2) is 0 Å². The fraction of sp³-hybridized carbons (Fsp3) is 0.513. The van der Waals surface area contributed by atoms with Crippen LogP contribution in [0.15, 0.2) is 66.0 Å². The second-order valence-corrected chi connectivity index (χ2v) is 15.9. The summed E-state index contributed by atoms with van der Waals surface area (Å²) >= 11 is 1.10. The summed E-state index contributed by atoms with van der Waals surface area (Å²) in [5.74, 6) is -1.61. The van der Waals surface area contributed by atoms with Crippen molar-refractivity contribution in [3.63, 3.8) is 0 Å². The second kappa shape index (κ2) is 18.3. The Morgan fingerprint density at radius 2 is 1.35 bits per heavy atom. The molecule has 0 aliphatic heterocycles. The number of benzene rings is 2. The van der Waals surface area contributed by atoms with Crippen molar-refractivity contribution in [2.75, 3.05) is 0 Å². The summed E-state index contributed by atoms with van der Waals surface area (Å²) in [5.41, 5.74) is 0.210. The predicted octanol–water partition coefficient (Wildman–Crippen LogP) is 7.87. The first-order valence-electron chi connectivity index (χ1n) is 17.3. The third-order valence-electron chi connectivity index (χ3n) is 7.71. The van der Waals surface area contributed by atoms with Crippen LogP contribution in [0.1, 0.15) is 108 Å². The van der Waals surface area contributed by atoms with E-state index in [0.717, 1.165) is 27.4 Å².